The van der Waals surface area contributed by atoms with Crippen molar-refractivity contribution in [3.63, 3.8) is 0 Å². The Hall–Kier alpha value is -2.82. The lowest BCUT2D eigenvalue weighted by molar-refractivity contribution is -0.136. The van der Waals surface area contributed by atoms with Crippen LogP contribution in [0.4, 0.5) is 11.4 Å². The van der Waals surface area contributed by atoms with Gasteiger partial charge in [0.05, 0.1) is 5.92 Å². The van der Waals surface area contributed by atoms with Crippen molar-refractivity contribution in [3.8, 4) is 0 Å². The number of carbonyl (C=O) groups excluding carboxylic acids is 2. The topological polar surface area (TPSA) is 52.7 Å². The number of rotatable bonds is 11. The summed E-state index contributed by atoms with van der Waals surface area (Å²) in [6.07, 6.45) is 1.23. The van der Waals surface area contributed by atoms with Gasteiger partial charge in [-0.1, -0.05) is 65.0 Å². The summed E-state index contributed by atoms with van der Waals surface area (Å²) in [5.41, 5.74) is 3.89. The summed E-state index contributed by atoms with van der Waals surface area (Å²) < 4.78 is 0. The fourth-order valence-electron chi connectivity index (χ4n) is 4.21. The molecule has 5 nitrogen and oxygen atoms in total. The van der Waals surface area contributed by atoms with Gasteiger partial charge < -0.3 is 15.1 Å². The van der Waals surface area contributed by atoms with E-state index in [1.54, 1.807) is 0 Å². The molecule has 2 rings (SSSR count). The molecule has 0 radical (unpaired) electrons. The van der Waals surface area contributed by atoms with E-state index in [-0.39, 0.29) is 23.8 Å². The second-order valence-corrected chi connectivity index (χ2v) is 10.2. The van der Waals surface area contributed by atoms with Crippen LogP contribution >= 0.6 is 0 Å². The molecule has 34 heavy (non-hydrogen) atoms. The molecule has 0 aliphatic carbocycles. The number of carbonyl (C=O) groups is 2. The molecule has 0 unspecified atom stereocenters. The van der Waals surface area contributed by atoms with Crippen molar-refractivity contribution in [2.24, 2.45) is 11.8 Å². The van der Waals surface area contributed by atoms with Crippen LogP contribution in [0.15, 0.2) is 48.5 Å². The fraction of sp³-hybridized carbons (Fsp3) is 0.517. The van der Waals surface area contributed by atoms with E-state index in [0.29, 0.717) is 24.8 Å². The zero-order chi connectivity index (χ0) is 25.4. The number of nitrogens with zero attached hydrogens (tertiary/aromatic N) is 2. The molecule has 1 N–H and O–H groups in total. The van der Waals surface area contributed by atoms with Crippen LogP contribution in [-0.4, -0.2) is 36.9 Å². The molecule has 0 saturated heterocycles. The number of nitrogens with one attached hydrogen (secondary N) is 1. The van der Waals surface area contributed by atoms with E-state index < -0.39 is 0 Å². The Morgan fingerprint density at radius 2 is 1.59 bits per heavy atom. The van der Waals surface area contributed by atoms with Gasteiger partial charge in [0, 0.05) is 44.5 Å². The number of hydrogen-bond donors (Lipinski definition) is 1. The molecular weight excluding hydrogens is 422 g/mol. The molecule has 186 valence electrons. The molecule has 0 bridgehead atoms. The lowest BCUT2D eigenvalue weighted by atomic mass is 9.92. The van der Waals surface area contributed by atoms with E-state index in [0.717, 1.165) is 28.9 Å². The zero-order valence-corrected chi connectivity index (χ0v) is 22.3. The van der Waals surface area contributed by atoms with E-state index in [1.165, 1.54) is 0 Å². The van der Waals surface area contributed by atoms with Gasteiger partial charge in [0.2, 0.25) is 11.8 Å². The Labute approximate surface area is 206 Å². The van der Waals surface area contributed by atoms with Gasteiger partial charge in [-0.25, -0.2) is 0 Å². The van der Waals surface area contributed by atoms with Crippen molar-refractivity contribution >= 4 is 23.2 Å². The highest BCUT2D eigenvalue weighted by atomic mass is 16.2. The first-order chi connectivity index (χ1) is 16.0. The second kappa shape index (κ2) is 12.6. The lowest BCUT2D eigenvalue weighted by Gasteiger charge is -2.36. The molecule has 0 aliphatic heterocycles. The predicted molar refractivity (Wildman–Crippen MR) is 143 cm³/mol. The molecule has 2 amide bonds. The molecule has 0 spiro atoms. The predicted octanol–water partition coefficient (Wildman–Crippen LogP) is 6.30. The van der Waals surface area contributed by atoms with Gasteiger partial charge in [0.15, 0.2) is 0 Å². The molecule has 5 heteroatoms. The Kier molecular flexibility index (Phi) is 10.2. The van der Waals surface area contributed by atoms with Gasteiger partial charge in [0.1, 0.15) is 0 Å². The van der Waals surface area contributed by atoms with Gasteiger partial charge >= 0.3 is 0 Å². The molecule has 0 aromatic heterocycles. The summed E-state index contributed by atoms with van der Waals surface area (Å²) in [6.45, 7) is 13.1. The maximum atomic E-state index is 13.9. The monoisotopic (exact) mass is 465 g/mol. The highest BCUT2D eigenvalue weighted by Gasteiger charge is 2.30. The SMILES string of the molecule is CC[C@@H](C(=O)N(Cc1cc(NC(=O)CC(C)C)ccc1N(C)C)[C@@H](C)C(C)C)c1ccccc1. The van der Waals surface area contributed by atoms with Crippen molar-refractivity contribution < 1.29 is 9.59 Å². The maximum absolute atomic E-state index is 13.9. The molecule has 0 heterocycles. The third-order valence-electron chi connectivity index (χ3n) is 6.43. The normalized spacial score (nSPS) is 13.0. The van der Waals surface area contributed by atoms with Crippen LogP contribution in [0.2, 0.25) is 0 Å². The van der Waals surface area contributed by atoms with E-state index >= 15 is 0 Å². The summed E-state index contributed by atoms with van der Waals surface area (Å²) in [6, 6.07) is 16.1. The van der Waals surface area contributed by atoms with Crippen molar-refractivity contribution in [1.29, 1.82) is 0 Å². The first-order valence-corrected chi connectivity index (χ1v) is 12.5. The largest absolute Gasteiger partial charge is 0.377 e. The molecular formula is C29H43N3O2. The van der Waals surface area contributed by atoms with Crippen LogP contribution in [0.1, 0.15) is 71.4 Å². The quantitative estimate of drug-likeness (QED) is 0.423. The molecule has 2 atom stereocenters. The van der Waals surface area contributed by atoms with Crippen LogP contribution in [0.3, 0.4) is 0 Å². The van der Waals surface area contributed by atoms with Crippen molar-refractivity contribution in [2.75, 3.05) is 24.3 Å². The average Bonchev–Trinajstić information content (AvgIpc) is 2.77. The molecule has 2 aromatic carbocycles. The van der Waals surface area contributed by atoms with Gasteiger partial charge in [-0.15, -0.1) is 0 Å². The molecule has 2 aromatic rings. The maximum Gasteiger partial charge on any atom is 0.230 e. The number of amides is 2. The van der Waals surface area contributed by atoms with Gasteiger partial charge in [-0.3, -0.25) is 9.59 Å². The van der Waals surface area contributed by atoms with Crippen LogP contribution in [0.5, 0.6) is 0 Å². The Bertz CT molecular complexity index is 938. The minimum Gasteiger partial charge on any atom is -0.377 e. The first-order valence-electron chi connectivity index (χ1n) is 12.5. The third kappa shape index (κ3) is 7.34. The Balaban J connectivity index is 2.44. The highest BCUT2D eigenvalue weighted by molar-refractivity contribution is 5.91. The number of benzene rings is 2. The Morgan fingerprint density at radius 3 is 2.12 bits per heavy atom. The highest BCUT2D eigenvalue weighted by Crippen LogP contribution is 2.30. The van der Waals surface area contributed by atoms with Gasteiger partial charge in [0.25, 0.3) is 0 Å². The first kappa shape index (κ1) is 27.4. The third-order valence-corrected chi connectivity index (χ3v) is 6.43. The van der Waals surface area contributed by atoms with Gasteiger partial charge in [-0.2, -0.15) is 0 Å². The molecule has 0 saturated carbocycles. The average molecular weight is 466 g/mol. The standard InChI is InChI=1S/C29H43N3O2/c1-9-26(23-13-11-10-12-14-23)29(34)32(22(6)21(4)5)19-24-18-25(15-16-27(24)31(7)8)30-28(33)17-20(2)3/h10-16,18,20-22,26H,9,17,19H2,1-8H3,(H,30,33)/t22-,26+/m0/s1. The minimum absolute atomic E-state index is 0.0113. The van der Waals surface area contributed by atoms with Crippen LogP contribution < -0.4 is 10.2 Å². The summed E-state index contributed by atoms with van der Waals surface area (Å²) in [5.74, 6) is 0.587. The summed E-state index contributed by atoms with van der Waals surface area (Å²) >= 11 is 0. The second-order valence-electron chi connectivity index (χ2n) is 10.2. The lowest BCUT2D eigenvalue weighted by Crippen LogP contribution is -2.43. The van der Waals surface area contributed by atoms with E-state index in [2.05, 4.69) is 37.9 Å². The van der Waals surface area contributed by atoms with Gasteiger partial charge in [-0.05, 0) is 54.5 Å². The van der Waals surface area contributed by atoms with Crippen LogP contribution in [0.25, 0.3) is 0 Å². The summed E-state index contributed by atoms with van der Waals surface area (Å²) in [4.78, 5) is 30.4. The van der Waals surface area contributed by atoms with Crippen molar-refractivity contribution in [3.05, 3.63) is 59.7 Å². The van der Waals surface area contributed by atoms with Crippen molar-refractivity contribution in [2.45, 2.75) is 72.9 Å². The van der Waals surface area contributed by atoms with E-state index in [9.17, 15) is 9.59 Å². The molecule has 0 fully saturated rings. The number of anilines is 2. The van der Waals surface area contributed by atoms with E-state index in [4.69, 9.17) is 0 Å². The summed E-state index contributed by atoms with van der Waals surface area (Å²) in [7, 11) is 4.01. The van der Waals surface area contributed by atoms with Crippen LogP contribution in [-0.2, 0) is 16.1 Å². The van der Waals surface area contributed by atoms with Crippen molar-refractivity contribution in [1.82, 2.24) is 4.90 Å². The number of hydrogen-bond acceptors (Lipinski definition) is 3. The minimum atomic E-state index is -0.181. The molecule has 0 aliphatic rings. The van der Waals surface area contributed by atoms with Crippen LogP contribution in [0, 0.1) is 11.8 Å². The zero-order valence-electron chi connectivity index (χ0n) is 22.3. The smallest absolute Gasteiger partial charge is 0.230 e. The fourth-order valence-corrected chi connectivity index (χ4v) is 4.21. The van der Waals surface area contributed by atoms with E-state index in [1.807, 2.05) is 81.4 Å². The summed E-state index contributed by atoms with van der Waals surface area (Å²) in [5, 5.41) is 3.03. The Morgan fingerprint density at radius 1 is 0.941 bits per heavy atom.